The van der Waals surface area contributed by atoms with Crippen molar-refractivity contribution in [2.75, 3.05) is 0 Å². The molecule has 9 heteroatoms. The molecule has 0 amide bonds. The summed E-state index contributed by atoms with van der Waals surface area (Å²) in [5.41, 5.74) is 1.06. The molecule has 0 saturated carbocycles. The number of hydrogen-bond donors (Lipinski definition) is 2. The summed E-state index contributed by atoms with van der Waals surface area (Å²) in [5, 5.41) is 4.31. The third-order valence-corrected chi connectivity index (χ3v) is 5.12. The molecule has 1 aromatic carbocycles. The molecule has 1 atom stereocenters. The van der Waals surface area contributed by atoms with Gasteiger partial charge in [-0.05, 0) is 44.5 Å². The second-order valence-electron chi connectivity index (χ2n) is 5.55. The van der Waals surface area contributed by atoms with E-state index in [0.717, 1.165) is 0 Å². The molecule has 126 valence electrons. The minimum Gasteiger partial charge on any atom is -0.338 e. The van der Waals surface area contributed by atoms with Gasteiger partial charge in [0.15, 0.2) is 5.82 Å². The maximum Gasteiger partial charge on any atom is 0.248 e. The van der Waals surface area contributed by atoms with Crippen LogP contribution in [-0.2, 0) is 10.0 Å². The van der Waals surface area contributed by atoms with Crippen molar-refractivity contribution in [1.29, 1.82) is 0 Å². The number of pyridine rings is 1. The Kier molecular flexibility index (Phi) is 3.98. The molecule has 0 aliphatic heterocycles. The molecule has 2 N–H and O–H groups in total. The molecule has 0 spiro atoms. The van der Waals surface area contributed by atoms with E-state index in [1.54, 1.807) is 26.8 Å². The van der Waals surface area contributed by atoms with E-state index in [1.807, 2.05) is 0 Å². The molecule has 24 heavy (non-hydrogen) atoms. The normalized spacial score (nSPS) is 13.3. The molecule has 3 aromatic rings. The molecule has 0 bridgehead atoms. The smallest absolute Gasteiger partial charge is 0.248 e. The van der Waals surface area contributed by atoms with Crippen molar-refractivity contribution in [1.82, 2.24) is 19.8 Å². The number of nitrogens with zero attached hydrogens (tertiary/aromatic N) is 2. The maximum absolute atomic E-state index is 12.6. The van der Waals surface area contributed by atoms with Crippen LogP contribution in [0.3, 0.4) is 0 Å². The van der Waals surface area contributed by atoms with Crippen LogP contribution in [0.5, 0.6) is 0 Å². The lowest BCUT2D eigenvalue weighted by Crippen LogP contribution is -2.27. The van der Waals surface area contributed by atoms with Crippen molar-refractivity contribution >= 4 is 20.9 Å². The van der Waals surface area contributed by atoms with Gasteiger partial charge in [0.25, 0.3) is 0 Å². The number of hydrogen-bond acceptors (Lipinski definition) is 6. The quantitative estimate of drug-likeness (QED) is 0.739. The fourth-order valence-electron chi connectivity index (χ4n) is 2.41. The predicted molar refractivity (Wildman–Crippen MR) is 87.1 cm³/mol. The van der Waals surface area contributed by atoms with Gasteiger partial charge in [-0.25, -0.2) is 8.42 Å². The maximum atomic E-state index is 12.6. The number of aryl methyl sites for hydroxylation is 2. The van der Waals surface area contributed by atoms with E-state index >= 15 is 0 Å². The number of aromatic amines is 1. The highest BCUT2D eigenvalue weighted by Gasteiger charge is 2.22. The van der Waals surface area contributed by atoms with Crippen LogP contribution in [0.4, 0.5) is 0 Å². The van der Waals surface area contributed by atoms with Crippen LogP contribution >= 0.6 is 0 Å². The Morgan fingerprint density at radius 3 is 2.67 bits per heavy atom. The van der Waals surface area contributed by atoms with Gasteiger partial charge in [-0.2, -0.15) is 9.71 Å². The SMILES string of the molecule is Cc1noc([C@@H](C)NS(=O)(=O)c2ccc3[nH]c(=O)cc(C)c3c2)n1. The Labute approximate surface area is 138 Å². The Morgan fingerprint density at radius 1 is 1.25 bits per heavy atom. The van der Waals surface area contributed by atoms with Crippen LogP contribution in [0, 0.1) is 13.8 Å². The van der Waals surface area contributed by atoms with Crippen molar-refractivity contribution in [3.05, 3.63) is 51.9 Å². The molecule has 2 heterocycles. The van der Waals surface area contributed by atoms with E-state index < -0.39 is 16.1 Å². The Morgan fingerprint density at radius 2 is 2.00 bits per heavy atom. The monoisotopic (exact) mass is 348 g/mol. The lowest BCUT2D eigenvalue weighted by Gasteiger charge is -2.11. The van der Waals surface area contributed by atoms with Crippen LogP contribution in [0.15, 0.2) is 38.5 Å². The van der Waals surface area contributed by atoms with Crippen LogP contribution in [0.2, 0.25) is 0 Å². The first kappa shape index (κ1) is 16.3. The number of sulfonamides is 1. The van der Waals surface area contributed by atoms with Gasteiger partial charge in [0.1, 0.15) is 0 Å². The Bertz CT molecular complexity index is 1070. The molecule has 8 nitrogen and oxygen atoms in total. The lowest BCUT2D eigenvalue weighted by molar-refractivity contribution is 0.351. The summed E-state index contributed by atoms with van der Waals surface area (Å²) in [6.45, 7) is 5.03. The predicted octanol–water partition coefficient (Wildman–Crippen LogP) is 1.57. The van der Waals surface area contributed by atoms with Gasteiger partial charge in [-0.3, -0.25) is 4.79 Å². The second-order valence-corrected chi connectivity index (χ2v) is 7.26. The van der Waals surface area contributed by atoms with Gasteiger partial charge >= 0.3 is 0 Å². The Balaban J connectivity index is 1.97. The summed E-state index contributed by atoms with van der Waals surface area (Å²) in [4.78, 5) is 18.3. The van der Waals surface area contributed by atoms with E-state index in [0.29, 0.717) is 22.3 Å². The number of benzene rings is 1. The van der Waals surface area contributed by atoms with Crippen molar-refractivity contribution in [3.63, 3.8) is 0 Å². The standard InChI is InChI=1S/C15H16N4O4S/c1-8-6-14(20)17-13-5-4-11(7-12(8)13)24(21,22)19-9(2)15-16-10(3)18-23-15/h4-7,9,19H,1-3H3,(H,17,20)/t9-/m1/s1. The summed E-state index contributed by atoms with van der Waals surface area (Å²) in [6.07, 6.45) is 0. The number of aromatic nitrogens is 3. The zero-order valence-corrected chi connectivity index (χ0v) is 14.1. The molecule has 0 aliphatic carbocycles. The van der Waals surface area contributed by atoms with Gasteiger partial charge in [-0.15, -0.1) is 0 Å². The molecule has 3 rings (SSSR count). The zero-order valence-electron chi connectivity index (χ0n) is 13.3. The summed E-state index contributed by atoms with van der Waals surface area (Å²) >= 11 is 0. The first-order valence-corrected chi connectivity index (χ1v) is 8.71. The second kappa shape index (κ2) is 5.84. The molecule has 0 aliphatic rings. The zero-order chi connectivity index (χ0) is 17.5. The highest BCUT2D eigenvalue weighted by Crippen LogP contribution is 2.21. The van der Waals surface area contributed by atoms with Gasteiger partial charge in [0.05, 0.1) is 10.9 Å². The first-order valence-electron chi connectivity index (χ1n) is 7.22. The number of fused-ring (bicyclic) bond motifs is 1. The molecular weight excluding hydrogens is 332 g/mol. The molecule has 0 saturated heterocycles. The molecule has 0 radical (unpaired) electrons. The van der Waals surface area contributed by atoms with E-state index in [9.17, 15) is 13.2 Å². The van der Waals surface area contributed by atoms with E-state index in [4.69, 9.17) is 4.52 Å². The van der Waals surface area contributed by atoms with Crippen molar-refractivity contribution in [2.24, 2.45) is 0 Å². The fourth-order valence-corrected chi connectivity index (χ4v) is 3.63. The van der Waals surface area contributed by atoms with Crippen LogP contribution in [0.1, 0.15) is 30.2 Å². The molecule has 0 fully saturated rings. The summed E-state index contributed by atoms with van der Waals surface area (Å²) in [6, 6.07) is 5.29. The average Bonchev–Trinajstić information content (AvgIpc) is 2.93. The van der Waals surface area contributed by atoms with Gasteiger partial charge in [0, 0.05) is 17.0 Å². The number of nitrogens with one attached hydrogen (secondary N) is 2. The summed E-state index contributed by atoms with van der Waals surface area (Å²) < 4.78 is 32.6. The summed E-state index contributed by atoms with van der Waals surface area (Å²) in [7, 11) is -3.79. The third-order valence-electron chi connectivity index (χ3n) is 3.58. The molecular formula is C15H16N4O4S. The number of H-pyrrole nitrogens is 1. The van der Waals surface area contributed by atoms with Gasteiger partial charge in [0.2, 0.25) is 21.5 Å². The van der Waals surface area contributed by atoms with Crippen molar-refractivity contribution < 1.29 is 12.9 Å². The summed E-state index contributed by atoms with van der Waals surface area (Å²) in [5.74, 6) is 0.624. The minimum absolute atomic E-state index is 0.0910. The van der Waals surface area contributed by atoms with Gasteiger partial charge < -0.3 is 9.51 Å². The van der Waals surface area contributed by atoms with Crippen molar-refractivity contribution in [2.45, 2.75) is 31.7 Å². The molecule has 2 aromatic heterocycles. The fraction of sp³-hybridized carbons (Fsp3) is 0.267. The lowest BCUT2D eigenvalue weighted by atomic mass is 10.1. The van der Waals surface area contributed by atoms with E-state index in [-0.39, 0.29) is 16.3 Å². The number of rotatable bonds is 4. The van der Waals surface area contributed by atoms with Crippen LogP contribution in [-0.4, -0.2) is 23.5 Å². The average molecular weight is 348 g/mol. The highest BCUT2D eigenvalue weighted by molar-refractivity contribution is 7.89. The minimum atomic E-state index is -3.79. The van der Waals surface area contributed by atoms with E-state index in [1.165, 1.54) is 18.2 Å². The first-order chi connectivity index (χ1) is 11.3. The third kappa shape index (κ3) is 3.08. The highest BCUT2D eigenvalue weighted by atomic mass is 32.2. The Hall–Kier alpha value is -2.52. The molecule has 0 unspecified atom stereocenters. The van der Waals surface area contributed by atoms with Crippen LogP contribution in [0.25, 0.3) is 10.9 Å². The van der Waals surface area contributed by atoms with Gasteiger partial charge in [-0.1, -0.05) is 5.16 Å². The van der Waals surface area contributed by atoms with Crippen LogP contribution < -0.4 is 10.3 Å². The van der Waals surface area contributed by atoms with Crippen molar-refractivity contribution in [3.8, 4) is 0 Å². The largest absolute Gasteiger partial charge is 0.338 e. The topological polar surface area (TPSA) is 118 Å². The van der Waals surface area contributed by atoms with E-state index in [2.05, 4.69) is 19.8 Å².